The molecule has 0 fully saturated rings. The number of para-hydroxylation sites is 1. The molecule has 0 aliphatic heterocycles. The highest BCUT2D eigenvalue weighted by atomic mass is 32.2. The van der Waals surface area contributed by atoms with E-state index < -0.39 is 27.8 Å². The van der Waals surface area contributed by atoms with Crippen molar-refractivity contribution in [2.24, 2.45) is 0 Å². The van der Waals surface area contributed by atoms with Crippen molar-refractivity contribution in [3.05, 3.63) is 30.3 Å². The van der Waals surface area contributed by atoms with Crippen molar-refractivity contribution in [1.82, 2.24) is 0 Å². The van der Waals surface area contributed by atoms with Gasteiger partial charge in [0.15, 0.2) is 0 Å². The van der Waals surface area contributed by atoms with Gasteiger partial charge in [-0.25, -0.2) is 4.21 Å². The van der Waals surface area contributed by atoms with Crippen LogP contribution in [0.3, 0.4) is 0 Å². The van der Waals surface area contributed by atoms with Gasteiger partial charge < -0.3 is 9.46 Å². The molecule has 0 aliphatic carbocycles. The van der Waals surface area contributed by atoms with Gasteiger partial charge >= 0.3 is 5.97 Å². The Morgan fingerprint density at radius 1 is 1.28 bits per heavy atom. The molecule has 0 spiro atoms. The third-order valence-corrected chi connectivity index (χ3v) is 3.32. The minimum absolute atomic E-state index is 0.468. The lowest BCUT2D eigenvalue weighted by Crippen LogP contribution is -2.34. The summed E-state index contributed by atoms with van der Waals surface area (Å²) in [7, 11) is -1.51. The summed E-state index contributed by atoms with van der Waals surface area (Å²) in [6, 6.07) is 9.11. The Hall–Kier alpha value is -1.36. The fraction of sp³-hybridized carbons (Fsp3) is 0.462. The SMILES string of the molecule is CC(C(=O)OC(C)(C)C)S(=O)Nc1ccccc1. The molecule has 0 aliphatic rings. The normalized spacial score (nSPS) is 14.7. The smallest absolute Gasteiger partial charge is 0.323 e. The van der Waals surface area contributed by atoms with Crippen LogP contribution in [0.1, 0.15) is 27.7 Å². The first-order valence-corrected chi connectivity index (χ1v) is 6.96. The number of esters is 1. The van der Waals surface area contributed by atoms with Gasteiger partial charge in [0.25, 0.3) is 0 Å². The monoisotopic (exact) mass is 269 g/mol. The summed E-state index contributed by atoms with van der Waals surface area (Å²) in [6.07, 6.45) is 0. The van der Waals surface area contributed by atoms with E-state index in [0.29, 0.717) is 5.69 Å². The molecule has 100 valence electrons. The molecule has 0 saturated carbocycles. The Balaban J connectivity index is 2.59. The van der Waals surface area contributed by atoms with Gasteiger partial charge in [-0.1, -0.05) is 18.2 Å². The summed E-state index contributed by atoms with van der Waals surface area (Å²) in [5.74, 6) is -0.468. The van der Waals surface area contributed by atoms with E-state index in [1.54, 1.807) is 39.8 Å². The van der Waals surface area contributed by atoms with Crippen molar-refractivity contribution in [3.63, 3.8) is 0 Å². The predicted octanol–water partition coefficient (Wildman–Crippen LogP) is 2.49. The molecular weight excluding hydrogens is 250 g/mol. The number of ether oxygens (including phenoxy) is 1. The van der Waals surface area contributed by atoms with Gasteiger partial charge in [0.05, 0.1) is 0 Å². The molecule has 1 aromatic carbocycles. The standard InChI is InChI=1S/C13H19NO3S/c1-10(12(15)17-13(2,3)4)18(16)14-11-8-6-5-7-9-11/h5-10,14H,1-4H3. The van der Waals surface area contributed by atoms with Crippen molar-refractivity contribution in [1.29, 1.82) is 0 Å². The minimum Gasteiger partial charge on any atom is -0.459 e. The van der Waals surface area contributed by atoms with Crippen LogP contribution in [0.4, 0.5) is 5.69 Å². The van der Waals surface area contributed by atoms with E-state index in [-0.39, 0.29) is 0 Å². The Morgan fingerprint density at radius 2 is 1.83 bits per heavy atom. The lowest BCUT2D eigenvalue weighted by atomic mass is 10.2. The zero-order valence-electron chi connectivity index (χ0n) is 11.1. The third-order valence-electron chi connectivity index (χ3n) is 2.05. The van der Waals surface area contributed by atoms with Crippen LogP contribution in [0.15, 0.2) is 30.3 Å². The molecular formula is C13H19NO3S. The largest absolute Gasteiger partial charge is 0.459 e. The van der Waals surface area contributed by atoms with Crippen LogP contribution in [0.5, 0.6) is 0 Å². The summed E-state index contributed by atoms with van der Waals surface area (Å²) in [5, 5.41) is -0.718. The van der Waals surface area contributed by atoms with Gasteiger partial charge in [0.2, 0.25) is 0 Å². The van der Waals surface area contributed by atoms with Gasteiger partial charge in [-0.2, -0.15) is 0 Å². The van der Waals surface area contributed by atoms with Gasteiger partial charge in [-0.3, -0.25) is 4.79 Å². The Kier molecular flexibility index (Phi) is 4.90. The topological polar surface area (TPSA) is 55.4 Å². The first kappa shape index (κ1) is 14.7. The molecule has 1 rings (SSSR count). The average molecular weight is 269 g/mol. The minimum atomic E-state index is -1.51. The van der Waals surface area contributed by atoms with Crippen molar-refractivity contribution >= 4 is 22.6 Å². The second kappa shape index (κ2) is 6.00. The molecule has 0 amide bonds. The van der Waals surface area contributed by atoms with E-state index in [1.807, 2.05) is 18.2 Å². The van der Waals surface area contributed by atoms with Crippen molar-refractivity contribution in [2.75, 3.05) is 4.72 Å². The number of benzene rings is 1. The maximum absolute atomic E-state index is 11.9. The summed E-state index contributed by atoms with van der Waals surface area (Å²) >= 11 is 0. The zero-order valence-corrected chi connectivity index (χ0v) is 11.9. The predicted molar refractivity (Wildman–Crippen MR) is 73.5 cm³/mol. The molecule has 2 atom stereocenters. The van der Waals surface area contributed by atoms with Gasteiger partial charge in [-0.15, -0.1) is 0 Å². The van der Waals surface area contributed by atoms with Crippen molar-refractivity contribution in [3.8, 4) is 0 Å². The number of hydrogen-bond donors (Lipinski definition) is 1. The van der Waals surface area contributed by atoms with Crippen molar-refractivity contribution < 1.29 is 13.7 Å². The zero-order chi connectivity index (χ0) is 13.8. The van der Waals surface area contributed by atoms with Crippen molar-refractivity contribution in [2.45, 2.75) is 38.5 Å². The van der Waals surface area contributed by atoms with Crippen LogP contribution < -0.4 is 4.72 Å². The summed E-state index contributed by atoms with van der Waals surface area (Å²) in [5.41, 5.74) is 0.147. The molecule has 1 N–H and O–H groups in total. The molecule has 0 radical (unpaired) electrons. The van der Waals surface area contributed by atoms with Gasteiger partial charge in [0, 0.05) is 5.69 Å². The Labute approximate surface area is 110 Å². The van der Waals surface area contributed by atoms with Crippen LogP contribution in [0.2, 0.25) is 0 Å². The highest BCUT2D eigenvalue weighted by Crippen LogP contribution is 2.13. The van der Waals surface area contributed by atoms with E-state index in [9.17, 15) is 9.00 Å². The van der Waals surface area contributed by atoms with E-state index in [1.165, 1.54) is 0 Å². The van der Waals surface area contributed by atoms with E-state index in [4.69, 9.17) is 4.74 Å². The number of anilines is 1. The van der Waals surface area contributed by atoms with Crippen LogP contribution in [-0.4, -0.2) is 21.0 Å². The number of carbonyl (C=O) groups is 1. The number of carbonyl (C=O) groups excluding carboxylic acids is 1. The number of nitrogens with one attached hydrogen (secondary N) is 1. The molecule has 1 aromatic rings. The van der Waals surface area contributed by atoms with E-state index >= 15 is 0 Å². The lowest BCUT2D eigenvalue weighted by molar-refractivity contribution is -0.153. The lowest BCUT2D eigenvalue weighted by Gasteiger charge is -2.22. The van der Waals surface area contributed by atoms with Crippen LogP contribution in [0.25, 0.3) is 0 Å². The molecule has 0 saturated heterocycles. The second-order valence-corrected chi connectivity index (χ2v) is 6.45. The summed E-state index contributed by atoms with van der Waals surface area (Å²) in [4.78, 5) is 11.7. The highest BCUT2D eigenvalue weighted by Gasteiger charge is 2.26. The molecule has 0 aromatic heterocycles. The molecule has 0 bridgehead atoms. The fourth-order valence-corrected chi connectivity index (χ4v) is 1.95. The molecule has 5 heteroatoms. The highest BCUT2D eigenvalue weighted by molar-refractivity contribution is 7.87. The first-order valence-electron chi connectivity index (χ1n) is 5.75. The van der Waals surface area contributed by atoms with E-state index in [2.05, 4.69) is 4.72 Å². The Morgan fingerprint density at radius 3 is 2.33 bits per heavy atom. The van der Waals surface area contributed by atoms with Crippen LogP contribution >= 0.6 is 0 Å². The molecule has 18 heavy (non-hydrogen) atoms. The molecule has 4 nitrogen and oxygen atoms in total. The third kappa shape index (κ3) is 4.87. The average Bonchev–Trinajstić information content (AvgIpc) is 2.27. The van der Waals surface area contributed by atoms with Crippen LogP contribution in [0, 0.1) is 0 Å². The van der Waals surface area contributed by atoms with Crippen LogP contribution in [-0.2, 0) is 20.5 Å². The Bertz CT molecular complexity index is 426. The van der Waals surface area contributed by atoms with Gasteiger partial charge in [-0.05, 0) is 39.8 Å². The maximum Gasteiger partial charge on any atom is 0.323 e. The summed E-state index contributed by atoms with van der Waals surface area (Å²) in [6.45, 7) is 6.93. The first-order chi connectivity index (χ1) is 8.29. The quantitative estimate of drug-likeness (QED) is 0.854. The van der Waals surface area contributed by atoms with E-state index in [0.717, 1.165) is 0 Å². The fourth-order valence-electron chi connectivity index (χ4n) is 1.18. The molecule has 2 unspecified atom stereocenters. The number of hydrogen-bond acceptors (Lipinski definition) is 3. The molecule has 0 heterocycles. The summed E-state index contributed by atoms with van der Waals surface area (Å²) < 4.78 is 19.9. The van der Waals surface area contributed by atoms with Gasteiger partial charge in [0.1, 0.15) is 21.8 Å². The second-order valence-electron chi connectivity index (χ2n) is 4.94. The maximum atomic E-state index is 11.9. The number of rotatable bonds is 4.